The lowest BCUT2D eigenvalue weighted by atomic mass is 9.98. The molecule has 5 nitrogen and oxygen atoms in total. The Kier molecular flexibility index (Phi) is 3.80. The average molecular weight is 349 g/mol. The molecule has 1 amide bonds. The van der Waals surface area contributed by atoms with E-state index in [0.29, 0.717) is 6.42 Å². The zero-order valence-corrected chi connectivity index (χ0v) is 14.1. The van der Waals surface area contributed by atoms with Gasteiger partial charge < -0.3 is 15.2 Å². The molecular weight excluding hydrogens is 330 g/mol. The predicted molar refractivity (Wildman–Crippen MR) is 96.9 cm³/mol. The van der Waals surface area contributed by atoms with Gasteiger partial charge in [0.1, 0.15) is 12.1 Å². The molecule has 0 saturated heterocycles. The third kappa shape index (κ3) is 2.47. The molecule has 1 fully saturated rings. The van der Waals surface area contributed by atoms with Crippen LogP contribution in [0, 0.1) is 5.92 Å². The minimum Gasteiger partial charge on any atom is -0.479 e. The number of carbonyl (C=O) groups excluding carboxylic acids is 1. The van der Waals surface area contributed by atoms with E-state index in [9.17, 15) is 14.7 Å². The van der Waals surface area contributed by atoms with Crippen molar-refractivity contribution < 1.29 is 19.4 Å². The fourth-order valence-corrected chi connectivity index (χ4v) is 3.83. The van der Waals surface area contributed by atoms with Gasteiger partial charge in [0.15, 0.2) is 0 Å². The summed E-state index contributed by atoms with van der Waals surface area (Å²) in [5, 5.41) is 11.9. The van der Waals surface area contributed by atoms with Crippen LogP contribution in [0.5, 0.6) is 0 Å². The Bertz CT molecular complexity index is 861. The van der Waals surface area contributed by atoms with Gasteiger partial charge in [0.05, 0.1) is 0 Å². The Morgan fingerprint density at radius 3 is 2.23 bits per heavy atom. The maximum absolute atomic E-state index is 12.2. The first kappa shape index (κ1) is 16.4. The summed E-state index contributed by atoms with van der Waals surface area (Å²) < 4.78 is 5.41. The molecule has 2 aliphatic rings. The van der Waals surface area contributed by atoms with Gasteiger partial charge in [-0.05, 0) is 28.7 Å². The number of alkyl carbamates (subject to hydrolysis) is 1. The smallest absolute Gasteiger partial charge is 0.408 e. The molecule has 0 aliphatic heterocycles. The second-order valence-corrected chi connectivity index (χ2v) is 6.77. The van der Waals surface area contributed by atoms with Crippen molar-refractivity contribution in [2.24, 2.45) is 5.92 Å². The van der Waals surface area contributed by atoms with E-state index in [1.165, 1.54) is 0 Å². The van der Waals surface area contributed by atoms with Gasteiger partial charge in [-0.2, -0.15) is 0 Å². The van der Waals surface area contributed by atoms with E-state index in [-0.39, 0.29) is 18.4 Å². The molecule has 0 bridgehead atoms. The third-order valence-electron chi connectivity index (χ3n) is 5.35. The summed E-state index contributed by atoms with van der Waals surface area (Å²) in [6.45, 7) is 3.77. The van der Waals surface area contributed by atoms with Gasteiger partial charge in [-0.1, -0.05) is 54.6 Å². The molecule has 2 aromatic carbocycles. The molecular formula is C21H19NO4. The molecule has 0 radical (unpaired) electrons. The number of aliphatic carboxylic acids is 1. The second-order valence-electron chi connectivity index (χ2n) is 6.77. The summed E-state index contributed by atoms with van der Waals surface area (Å²) >= 11 is 0. The number of amides is 1. The largest absolute Gasteiger partial charge is 0.479 e. The SMILES string of the molecule is C=C[C@H]1C[C@@]1(NC(=O)OCC1c2ccccc2-c2ccccc21)C(=O)O. The zero-order valence-electron chi connectivity index (χ0n) is 14.1. The predicted octanol–water partition coefficient (Wildman–Crippen LogP) is 3.55. The monoisotopic (exact) mass is 349 g/mol. The summed E-state index contributed by atoms with van der Waals surface area (Å²) in [6, 6.07) is 16.1. The molecule has 0 aromatic heterocycles. The number of hydrogen-bond acceptors (Lipinski definition) is 3. The van der Waals surface area contributed by atoms with Crippen LogP contribution in [0.1, 0.15) is 23.5 Å². The Labute approximate surface area is 151 Å². The van der Waals surface area contributed by atoms with Gasteiger partial charge in [-0.15, -0.1) is 6.58 Å². The average Bonchev–Trinajstić information content (AvgIpc) is 3.28. The van der Waals surface area contributed by atoms with Crippen LogP contribution in [0.2, 0.25) is 0 Å². The van der Waals surface area contributed by atoms with Crippen LogP contribution >= 0.6 is 0 Å². The van der Waals surface area contributed by atoms with Gasteiger partial charge in [0.25, 0.3) is 0 Å². The Morgan fingerprint density at radius 2 is 1.73 bits per heavy atom. The van der Waals surface area contributed by atoms with Crippen molar-refractivity contribution in [3.05, 3.63) is 72.3 Å². The number of hydrogen-bond donors (Lipinski definition) is 2. The lowest BCUT2D eigenvalue weighted by molar-refractivity contribution is -0.140. The first-order valence-electron chi connectivity index (χ1n) is 8.56. The highest BCUT2D eigenvalue weighted by atomic mass is 16.5. The molecule has 2 atom stereocenters. The summed E-state index contributed by atoms with van der Waals surface area (Å²) in [6.07, 6.45) is 1.19. The minimum atomic E-state index is -1.27. The summed E-state index contributed by atoms with van der Waals surface area (Å²) in [5.41, 5.74) is 3.25. The summed E-state index contributed by atoms with van der Waals surface area (Å²) in [7, 11) is 0. The van der Waals surface area contributed by atoms with Crippen LogP contribution in [0.25, 0.3) is 11.1 Å². The number of nitrogens with one attached hydrogen (secondary N) is 1. The van der Waals surface area contributed by atoms with Gasteiger partial charge >= 0.3 is 12.1 Å². The normalized spacial score (nSPS) is 22.8. The van der Waals surface area contributed by atoms with E-state index < -0.39 is 17.6 Å². The number of ether oxygens (including phenoxy) is 1. The Balaban J connectivity index is 1.49. The Morgan fingerprint density at radius 1 is 1.15 bits per heavy atom. The fourth-order valence-electron chi connectivity index (χ4n) is 3.83. The molecule has 0 unspecified atom stereocenters. The molecule has 2 aliphatic carbocycles. The van der Waals surface area contributed by atoms with Crippen LogP contribution in [0.4, 0.5) is 4.79 Å². The van der Waals surface area contributed by atoms with E-state index in [0.717, 1.165) is 22.3 Å². The molecule has 0 heterocycles. The van der Waals surface area contributed by atoms with Gasteiger partial charge in [-0.3, -0.25) is 0 Å². The van der Waals surface area contributed by atoms with Crippen molar-refractivity contribution in [2.75, 3.05) is 6.61 Å². The second kappa shape index (κ2) is 6.02. The van der Waals surface area contributed by atoms with E-state index in [2.05, 4.69) is 24.0 Å². The number of rotatable bonds is 5. The van der Waals surface area contributed by atoms with Crippen LogP contribution in [0.3, 0.4) is 0 Å². The molecule has 4 rings (SSSR count). The van der Waals surface area contributed by atoms with Crippen molar-refractivity contribution in [2.45, 2.75) is 17.9 Å². The zero-order chi connectivity index (χ0) is 18.3. The maximum Gasteiger partial charge on any atom is 0.408 e. The fraction of sp³-hybridized carbons (Fsp3) is 0.238. The van der Waals surface area contributed by atoms with Gasteiger partial charge in [0.2, 0.25) is 0 Å². The number of benzene rings is 2. The van der Waals surface area contributed by atoms with E-state index >= 15 is 0 Å². The number of carbonyl (C=O) groups is 2. The van der Waals surface area contributed by atoms with Crippen molar-refractivity contribution in [1.82, 2.24) is 5.32 Å². The molecule has 1 saturated carbocycles. The molecule has 0 spiro atoms. The molecule has 2 N–H and O–H groups in total. The van der Waals surface area contributed by atoms with Crippen molar-refractivity contribution in [3.63, 3.8) is 0 Å². The molecule has 5 heteroatoms. The molecule has 26 heavy (non-hydrogen) atoms. The van der Waals surface area contributed by atoms with Crippen molar-refractivity contribution in [1.29, 1.82) is 0 Å². The lowest BCUT2D eigenvalue weighted by Crippen LogP contribution is -2.45. The number of carboxylic acid groups (broad SMARTS) is 1. The van der Waals surface area contributed by atoms with Crippen LogP contribution < -0.4 is 5.32 Å². The number of carboxylic acids is 1. The lowest BCUT2D eigenvalue weighted by Gasteiger charge is -2.17. The number of fused-ring (bicyclic) bond motifs is 3. The first-order valence-corrected chi connectivity index (χ1v) is 8.56. The van der Waals surface area contributed by atoms with E-state index in [1.54, 1.807) is 6.08 Å². The highest BCUT2D eigenvalue weighted by Crippen LogP contribution is 2.46. The summed E-state index contributed by atoms with van der Waals surface area (Å²) in [5.74, 6) is -1.38. The van der Waals surface area contributed by atoms with Gasteiger partial charge in [0, 0.05) is 11.8 Å². The van der Waals surface area contributed by atoms with Crippen LogP contribution in [-0.4, -0.2) is 29.3 Å². The highest BCUT2D eigenvalue weighted by molar-refractivity contribution is 5.88. The van der Waals surface area contributed by atoms with Crippen molar-refractivity contribution in [3.8, 4) is 11.1 Å². The highest BCUT2D eigenvalue weighted by Gasteiger charge is 2.60. The maximum atomic E-state index is 12.2. The standard InChI is InChI=1S/C21H19NO4/c1-2-13-11-21(13,19(23)24)22-20(25)26-12-18-16-9-5-3-7-14(16)15-8-4-6-10-17(15)18/h2-10,13,18H,1,11-12H2,(H,22,25)(H,23,24)/t13-,21-/m0/s1. The van der Waals surface area contributed by atoms with Crippen LogP contribution in [0.15, 0.2) is 61.2 Å². The summed E-state index contributed by atoms with van der Waals surface area (Å²) in [4.78, 5) is 23.7. The minimum absolute atomic E-state index is 0.0525. The van der Waals surface area contributed by atoms with Gasteiger partial charge in [-0.25, -0.2) is 9.59 Å². The van der Waals surface area contributed by atoms with E-state index in [4.69, 9.17) is 4.74 Å². The van der Waals surface area contributed by atoms with Crippen LogP contribution in [-0.2, 0) is 9.53 Å². The quantitative estimate of drug-likeness (QED) is 0.810. The van der Waals surface area contributed by atoms with Crippen molar-refractivity contribution >= 4 is 12.1 Å². The molecule has 132 valence electrons. The Hall–Kier alpha value is -3.08. The third-order valence-corrected chi connectivity index (χ3v) is 5.35. The molecule has 2 aromatic rings. The first-order chi connectivity index (χ1) is 12.6. The van der Waals surface area contributed by atoms with E-state index in [1.807, 2.05) is 36.4 Å². The topological polar surface area (TPSA) is 75.6 Å².